The summed E-state index contributed by atoms with van der Waals surface area (Å²) in [5.41, 5.74) is 3.78. The molecule has 4 aromatic rings. The Bertz CT molecular complexity index is 1690. The highest BCUT2D eigenvalue weighted by Gasteiger charge is 2.30. The molecule has 10 heteroatoms. The van der Waals surface area contributed by atoms with E-state index >= 15 is 0 Å². The summed E-state index contributed by atoms with van der Waals surface area (Å²) in [5, 5.41) is 3.33. The summed E-state index contributed by atoms with van der Waals surface area (Å²) < 4.78 is 67.5. The number of carbonyl (C=O) groups is 1. The maximum Gasteiger partial charge on any atom is 0.416 e. The predicted molar refractivity (Wildman–Crippen MR) is 149 cm³/mol. The van der Waals surface area contributed by atoms with Crippen LogP contribution < -0.4 is 10.0 Å². The molecule has 5 nitrogen and oxygen atoms in total. The van der Waals surface area contributed by atoms with Gasteiger partial charge in [0.25, 0.3) is 5.91 Å². The van der Waals surface area contributed by atoms with Gasteiger partial charge in [0.1, 0.15) is 0 Å². The number of carbonyl (C=O) groups excluding carboxylic acids is 1. The van der Waals surface area contributed by atoms with Crippen LogP contribution in [0.2, 0.25) is 5.02 Å². The molecule has 0 heterocycles. The summed E-state index contributed by atoms with van der Waals surface area (Å²) in [5.74, 6) is -0.406. The van der Waals surface area contributed by atoms with Crippen LogP contribution in [0.1, 0.15) is 32.6 Å². The van der Waals surface area contributed by atoms with Gasteiger partial charge < -0.3 is 5.32 Å². The highest BCUT2D eigenvalue weighted by Crippen LogP contribution is 2.34. The van der Waals surface area contributed by atoms with Crippen LogP contribution in [0.15, 0.2) is 89.8 Å². The highest BCUT2D eigenvalue weighted by atomic mass is 35.5. The lowest BCUT2D eigenvalue weighted by Gasteiger charge is -2.15. The molecule has 0 radical (unpaired) electrons. The third-order valence-corrected chi connectivity index (χ3v) is 8.65. The molecule has 0 bridgehead atoms. The van der Waals surface area contributed by atoms with Crippen LogP contribution in [-0.4, -0.2) is 20.4 Å². The van der Waals surface area contributed by atoms with Gasteiger partial charge in [-0.2, -0.15) is 13.2 Å². The van der Waals surface area contributed by atoms with Crippen molar-refractivity contribution < 1.29 is 26.4 Å². The van der Waals surface area contributed by atoms with Crippen molar-refractivity contribution in [2.75, 3.05) is 5.32 Å². The Labute approximate surface area is 235 Å². The first-order chi connectivity index (χ1) is 18.9. The number of hydrogen-bond acceptors (Lipinski definition) is 3. The Morgan fingerprint density at radius 2 is 1.57 bits per heavy atom. The topological polar surface area (TPSA) is 75.3 Å². The number of aryl methyl sites for hydroxylation is 1. The molecule has 0 fully saturated rings. The summed E-state index contributed by atoms with van der Waals surface area (Å²) in [6.07, 6.45) is -3.49. The third kappa shape index (κ3) is 5.91. The number of rotatable bonds is 6. The van der Waals surface area contributed by atoms with Gasteiger partial charge in [-0.25, -0.2) is 13.1 Å². The molecule has 2 N–H and O–H groups in total. The van der Waals surface area contributed by atoms with E-state index in [0.717, 1.165) is 28.8 Å². The predicted octanol–water partition coefficient (Wildman–Crippen LogP) is 7.03. The first-order valence-corrected chi connectivity index (χ1v) is 14.2. The van der Waals surface area contributed by atoms with Gasteiger partial charge in [-0.05, 0) is 102 Å². The summed E-state index contributed by atoms with van der Waals surface area (Å²) in [7, 11) is -3.73. The molecule has 5 rings (SSSR count). The quantitative estimate of drug-likeness (QED) is 0.255. The molecule has 1 aliphatic rings. The summed E-state index contributed by atoms with van der Waals surface area (Å²) >= 11 is 5.87. The highest BCUT2D eigenvalue weighted by molar-refractivity contribution is 7.89. The summed E-state index contributed by atoms with van der Waals surface area (Å²) in [6.45, 7) is 1.80. The minimum Gasteiger partial charge on any atom is -0.322 e. The van der Waals surface area contributed by atoms with Gasteiger partial charge in [-0.3, -0.25) is 4.79 Å². The number of fused-ring (bicyclic) bond motifs is 1. The van der Waals surface area contributed by atoms with Gasteiger partial charge in [-0.1, -0.05) is 41.9 Å². The van der Waals surface area contributed by atoms with E-state index < -0.39 is 27.7 Å². The molecule has 206 valence electrons. The van der Waals surface area contributed by atoms with E-state index in [0.29, 0.717) is 40.2 Å². The van der Waals surface area contributed by atoms with Crippen LogP contribution in [0.3, 0.4) is 0 Å². The van der Waals surface area contributed by atoms with E-state index in [9.17, 15) is 26.4 Å². The maximum atomic E-state index is 13.3. The second-order valence-corrected chi connectivity index (χ2v) is 11.8. The Balaban J connectivity index is 1.32. The molecule has 1 unspecified atom stereocenters. The van der Waals surface area contributed by atoms with Gasteiger partial charge in [0.15, 0.2) is 0 Å². The molecule has 1 atom stereocenters. The Morgan fingerprint density at radius 1 is 0.900 bits per heavy atom. The fourth-order valence-electron chi connectivity index (χ4n) is 4.94. The van der Waals surface area contributed by atoms with Crippen molar-refractivity contribution in [2.24, 2.45) is 0 Å². The van der Waals surface area contributed by atoms with Crippen molar-refractivity contribution in [1.29, 1.82) is 0 Å². The standard InChI is InChI=1S/C30H24ClF3N2O3S/c1-18-3-2-4-27(28(18)19-5-8-22(9-6-19)30(32,33)34)29(37)35-24-12-7-20-15-25(17-21(20)16-24)36-40(38,39)26-13-10-23(31)11-14-26/h2-14,16,25,36H,15,17H2,1H3,(H,35,37). The fourth-order valence-corrected chi connectivity index (χ4v) is 6.31. The van der Waals surface area contributed by atoms with Crippen molar-refractivity contribution >= 4 is 33.2 Å². The Morgan fingerprint density at radius 3 is 2.25 bits per heavy atom. The summed E-state index contributed by atoms with van der Waals surface area (Å²) in [6, 6.07) is 20.9. The van der Waals surface area contributed by atoms with E-state index in [2.05, 4.69) is 10.0 Å². The first kappa shape index (κ1) is 27.9. The Hall–Kier alpha value is -3.66. The molecule has 40 heavy (non-hydrogen) atoms. The van der Waals surface area contributed by atoms with Crippen molar-refractivity contribution in [2.45, 2.75) is 36.9 Å². The van der Waals surface area contributed by atoms with Crippen LogP contribution in [-0.2, 0) is 29.0 Å². The number of alkyl halides is 3. The van der Waals surface area contributed by atoms with Crippen molar-refractivity contribution in [3.05, 3.63) is 118 Å². The lowest BCUT2D eigenvalue weighted by molar-refractivity contribution is -0.137. The molecule has 1 aliphatic carbocycles. The monoisotopic (exact) mass is 584 g/mol. The Kier molecular flexibility index (Phi) is 7.48. The van der Waals surface area contributed by atoms with Crippen LogP contribution in [0, 0.1) is 6.92 Å². The van der Waals surface area contributed by atoms with E-state index in [4.69, 9.17) is 11.6 Å². The van der Waals surface area contributed by atoms with Crippen molar-refractivity contribution in [1.82, 2.24) is 4.72 Å². The third-order valence-electron chi connectivity index (χ3n) is 6.86. The molecular weight excluding hydrogens is 561 g/mol. The molecule has 0 saturated carbocycles. The van der Waals surface area contributed by atoms with Gasteiger partial charge in [-0.15, -0.1) is 0 Å². The molecule has 0 saturated heterocycles. The average Bonchev–Trinajstić information content (AvgIpc) is 3.29. The van der Waals surface area contributed by atoms with Crippen LogP contribution >= 0.6 is 11.6 Å². The molecular formula is C30H24ClF3N2O3S. The van der Waals surface area contributed by atoms with Gasteiger partial charge in [0, 0.05) is 22.3 Å². The summed E-state index contributed by atoms with van der Waals surface area (Å²) in [4.78, 5) is 13.5. The minimum absolute atomic E-state index is 0.128. The van der Waals surface area contributed by atoms with Crippen molar-refractivity contribution in [3.8, 4) is 11.1 Å². The van der Waals surface area contributed by atoms with E-state index in [1.807, 2.05) is 12.1 Å². The number of halogens is 4. The van der Waals surface area contributed by atoms with Gasteiger partial charge in [0.2, 0.25) is 10.0 Å². The zero-order valence-corrected chi connectivity index (χ0v) is 22.8. The number of anilines is 1. The number of amides is 1. The number of nitrogens with one attached hydrogen (secondary N) is 2. The second-order valence-electron chi connectivity index (χ2n) is 9.69. The number of sulfonamides is 1. The molecule has 1 amide bonds. The average molecular weight is 585 g/mol. The van der Waals surface area contributed by atoms with Gasteiger partial charge >= 0.3 is 6.18 Å². The maximum absolute atomic E-state index is 13.3. The molecule has 0 aliphatic heterocycles. The number of hydrogen-bond donors (Lipinski definition) is 2. The largest absolute Gasteiger partial charge is 0.416 e. The smallest absolute Gasteiger partial charge is 0.322 e. The first-order valence-electron chi connectivity index (χ1n) is 12.4. The SMILES string of the molecule is Cc1cccc(C(=O)Nc2ccc3c(c2)CC(NS(=O)(=O)c2ccc(Cl)cc2)C3)c1-c1ccc(C(F)(F)F)cc1. The van der Waals surface area contributed by atoms with E-state index in [-0.39, 0.29) is 10.9 Å². The van der Waals surface area contributed by atoms with Crippen LogP contribution in [0.5, 0.6) is 0 Å². The normalized spacial score (nSPS) is 15.1. The van der Waals surface area contributed by atoms with Crippen molar-refractivity contribution in [3.63, 3.8) is 0 Å². The minimum atomic E-state index is -4.45. The zero-order chi connectivity index (χ0) is 28.7. The fraction of sp³-hybridized carbons (Fsp3) is 0.167. The zero-order valence-electron chi connectivity index (χ0n) is 21.2. The second kappa shape index (κ2) is 10.7. The number of benzene rings is 4. The lowest BCUT2D eigenvalue weighted by atomic mass is 9.93. The van der Waals surface area contributed by atoms with Crippen LogP contribution in [0.25, 0.3) is 11.1 Å². The van der Waals surface area contributed by atoms with E-state index in [1.165, 1.54) is 36.4 Å². The van der Waals surface area contributed by atoms with Gasteiger partial charge in [0.05, 0.1) is 10.5 Å². The molecule has 0 aromatic heterocycles. The van der Waals surface area contributed by atoms with Crippen LogP contribution in [0.4, 0.5) is 18.9 Å². The molecule has 4 aromatic carbocycles. The molecule has 0 spiro atoms. The van der Waals surface area contributed by atoms with E-state index in [1.54, 1.807) is 31.2 Å². The lowest BCUT2D eigenvalue weighted by Crippen LogP contribution is -2.35.